The second-order valence-corrected chi connectivity index (χ2v) is 5.36. The summed E-state index contributed by atoms with van der Waals surface area (Å²) in [4.78, 5) is 33.1. The number of fused-ring (bicyclic) bond motifs is 1. The maximum atomic E-state index is 12.3. The van der Waals surface area contributed by atoms with E-state index in [0.29, 0.717) is 5.75 Å². The molecule has 0 saturated carbocycles. The first-order valence-corrected chi connectivity index (χ1v) is 7.64. The molecule has 0 unspecified atom stereocenters. The summed E-state index contributed by atoms with van der Waals surface area (Å²) in [6, 6.07) is 6.04. The van der Waals surface area contributed by atoms with Gasteiger partial charge < -0.3 is 14.2 Å². The maximum absolute atomic E-state index is 12.3. The highest BCUT2D eigenvalue weighted by atomic mass is 16.7. The van der Waals surface area contributed by atoms with Crippen molar-refractivity contribution >= 4 is 23.5 Å². The monoisotopic (exact) mass is 388 g/mol. The third kappa shape index (κ3) is 3.65. The van der Waals surface area contributed by atoms with E-state index < -0.39 is 15.8 Å². The van der Waals surface area contributed by atoms with Gasteiger partial charge in [-0.05, 0) is 12.1 Å². The molecule has 1 amide bonds. The molecule has 28 heavy (non-hydrogen) atoms. The standard InChI is InChI=1S/C16H12N4O8/c1-26-13-3-2-10(19(22)23)5-11(13)16(21)18-17-7-9-4-14-15(28-8-27-14)6-12(9)20(24)25/h2-7H,8H2,1H3,(H,18,21)/b17-7-. The van der Waals surface area contributed by atoms with Crippen LogP contribution in [0, 0.1) is 20.2 Å². The predicted molar refractivity (Wildman–Crippen MR) is 93.9 cm³/mol. The number of amides is 1. The molecule has 0 aromatic heterocycles. The Morgan fingerprint density at radius 3 is 2.54 bits per heavy atom. The van der Waals surface area contributed by atoms with Gasteiger partial charge in [-0.2, -0.15) is 5.10 Å². The fourth-order valence-corrected chi connectivity index (χ4v) is 2.42. The number of carbonyl (C=O) groups is 1. The Hall–Kier alpha value is -4.22. The fourth-order valence-electron chi connectivity index (χ4n) is 2.42. The number of carbonyl (C=O) groups excluding carboxylic acids is 1. The molecule has 12 heteroatoms. The Bertz CT molecular complexity index is 1000. The number of hydrogen-bond acceptors (Lipinski definition) is 9. The molecule has 2 aromatic rings. The Balaban J connectivity index is 1.84. The molecule has 0 saturated heterocycles. The van der Waals surface area contributed by atoms with Crippen LogP contribution in [0.5, 0.6) is 17.2 Å². The Kier molecular flexibility index (Phi) is 5.02. The van der Waals surface area contributed by atoms with E-state index in [1.54, 1.807) is 0 Å². The molecule has 0 fully saturated rings. The minimum Gasteiger partial charge on any atom is -0.496 e. The molecule has 0 aliphatic carbocycles. The summed E-state index contributed by atoms with van der Waals surface area (Å²) in [5, 5.41) is 25.8. The van der Waals surface area contributed by atoms with E-state index in [1.165, 1.54) is 31.4 Å². The van der Waals surface area contributed by atoms with Gasteiger partial charge in [-0.1, -0.05) is 0 Å². The number of hydrogen-bond donors (Lipinski definition) is 1. The van der Waals surface area contributed by atoms with E-state index in [9.17, 15) is 25.0 Å². The number of nitrogens with zero attached hydrogens (tertiary/aromatic N) is 3. The molecule has 1 aliphatic rings. The summed E-state index contributed by atoms with van der Waals surface area (Å²) in [6.45, 7) is -0.0591. The molecule has 0 spiro atoms. The van der Waals surface area contributed by atoms with Gasteiger partial charge in [0.15, 0.2) is 11.5 Å². The van der Waals surface area contributed by atoms with Crippen molar-refractivity contribution in [2.75, 3.05) is 13.9 Å². The fraction of sp³-hybridized carbons (Fsp3) is 0.125. The third-order valence-electron chi connectivity index (χ3n) is 3.73. The molecule has 3 rings (SSSR count). The predicted octanol–water partition coefficient (Wildman–Crippen LogP) is 2.00. The summed E-state index contributed by atoms with van der Waals surface area (Å²) in [5.41, 5.74) is 1.51. The second-order valence-electron chi connectivity index (χ2n) is 5.36. The van der Waals surface area contributed by atoms with E-state index in [4.69, 9.17) is 14.2 Å². The largest absolute Gasteiger partial charge is 0.496 e. The van der Waals surface area contributed by atoms with Crippen LogP contribution in [-0.4, -0.2) is 35.9 Å². The van der Waals surface area contributed by atoms with Gasteiger partial charge in [-0.15, -0.1) is 0 Å². The zero-order valence-corrected chi connectivity index (χ0v) is 14.3. The zero-order chi connectivity index (χ0) is 20.3. The van der Waals surface area contributed by atoms with Gasteiger partial charge in [0, 0.05) is 12.1 Å². The van der Waals surface area contributed by atoms with Gasteiger partial charge in [0.05, 0.1) is 40.4 Å². The number of nitro benzene ring substituents is 2. The quantitative estimate of drug-likeness (QED) is 0.447. The number of nitrogens with one attached hydrogen (secondary N) is 1. The van der Waals surface area contributed by atoms with Crippen molar-refractivity contribution in [2.24, 2.45) is 5.10 Å². The Morgan fingerprint density at radius 2 is 1.89 bits per heavy atom. The van der Waals surface area contributed by atoms with E-state index >= 15 is 0 Å². The highest BCUT2D eigenvalue weighted by Crippen LogP contribution is 2.37. The minimum absolute atomic E-state index is 0.0591. The van der Waals surface area contributed by atoms with Crippen molar-refractivity contribution in [1.29, 1.82) is 0 Å². The number of rotatable bonds is 6. The van der Waals surface area contributed by atoms with Crippen molar-refractivity contribution in [3.8, 4) is 17.2 Å². The summed E-state index contributed by atoms with van der Waals surface area (Å²) < 4.78 is 15.3. The van der Waals surface area contributed by atoms with Gasteiger partial charge in [-0.3, -0.25) is 25.0 Å². The third-order valence-corrected chi connectivity index (χ3v) is 3.73. The molecule has 0 atom stereocenters. The SMILES string of the molecule is COc1ccc([N+](=O)[O-])cc1C(=O)N/N=C\c1cc2c(cc1[N+](=O)[O-])OCO2. The van der Waals surface area contributed by atoms with Crippen LogP contribution < -0.4 is 19.6 Å². The smallest absolute Gasteiger partial charge is 0.282 e. The lowest BCUT2D eigenvalue weighted by Gasteiger charge is -2.06. The molecule has 144 valence electrons. The molecular formula is C16H12N4O8. The lowest BCUT2D eigenvalue weighted by Crippen LogP contribution is -2.18. The topological polar surface area (TPSA) is 155 Å². The van der Waals surface area contributed by atoms with Crippen molar-refractivity contribution in [2.45, 2.75) is 0 Å². The molecule has 1 aliphatic heterocycles. The first kappa shape index (κ1) is 18.6. The summed E-state index contributed by atoms with van der Waals surface area (Å²) >= 11 is 0. The van der Waals surface area contributed by atoms with E-state index in [2.05, 4.69) is 10.5 Å². The van der Waals surface area contributed by atoms with Crippen LogP contribution >= 0.6 is 0 Å². The number of non-ortho nitro benzene ring substituents is 1. The first-order valence-electron chi connectivity index (χ1n) is 7.64. The van der Waals surface area contributed by atoms with E-state index in [-0.39, 0.29) is 40.8 Å². The minimum atomic E-state index is -0.791. The number of ether oxygens (including phenoxy) is 3. The number of hydrazone groups is 1. The number of nitro groups is 2. The van der Waals surface area contributed by atoms with Crippen LogP contribution in [0.4, 0.5) is 11.4 Å². The molecule has 0 bridgehead atoms. The van der Waals surface area contributed by atoms with Gasteiger partial charge >= 0.3 is 0 Å². The average Bonchev–Trinajstić information content (AvgIpc) is 3.13. The van der Waals surface area contributed by atoms with E-state index in [0.717, 1.165) is 12.3 Å². The molecule has 12 nitrogen and oxygen atoms in total. The van der Waals surface area contributed by atoms with Crippen LogP contribution in [0.1, 0.15) is 15.9 Å². The van der Waals surface area contributed by atoms with Gasteiger partial charge in [0.2, 0.25) is 6.79 Å². The van der Waals surface area contributed by atoms with Crippen molar-refractivity contribution < 1.29 is 28.9 Å². The van der Waals surface area contributed by atoms with Crippen LogP contribution in [0.25, 0.3) is 0 Å². The number of methoxy groups -OCH3 is 1. The van der Waals surface area contributed by atoms with Crippen molar-refractivity contribution in [3.63, 3.8) is 0 Å². The number of benzene rings is 2. The van der Waals surface area contributed by atoms with Crippen LogP contribution in [0.2, 0.25) is 0 Å². The lowest BCUT2D eigenvalue weighted by atomic mass is 10.1. The van der Waals surface area contributed by atoms with Crippen molar-refractivity contribution in [1.82, 2.24) is 5.43 Å². The van der Waals surface area contributed by atoms with Crippen molar-refractivity contribution in [3.05, 3.63) is 61.7 Å². The molecule has 1 N–H and O–H groups in total. The van der Waals surface area contributed by atoms with Crippen LogP contribution in [-0.2, 0) is 0 Å². The molecule has 0 radical (unpaired) electrons. The van der Waals surface area contributed by atoms with Gasteiger partial charge in [0.1, 0.15) is 5.75 Å². The van der Waals surface area contributed by atoms with E-state index in [1.807, 2.05) is 0 Å². The highest BCUT2D eigenvalue weighted by molar-refractivity contribution is 5.98. The summed E-state index contributed by atoms with van der Waals surface area (Å²) in [7, 11) is 1.30. The normalized spacial score (nSPS) is 12.0. The maximum Gasteiger partial charge on any atom is 0.282 e. The second kappa shape index (κ2) is 7.57. The molecule has 1 heterocycles. The molecular weight excluding hydrogens is 376 g/mol. The van der Waals surface area contributed by atoms with Gasteiger partial charge in [0.25, 0.3) is 17.3 Å². The lowest BCUT2D eigenvalue weighted by molar-refractivity contribution is -0.385. The van der Waals surface area contributed by atoms with Crippen LogP contribution in [0.15, 0.2) is 35.4 Å². The average molecular weight is 388 g/mol. The highest BCUT2D eigenvalue weighted by Gasteiger charge is 2.23. The van der Waals surface area contributed by atoms with Crippen LogP contribution in [0.3, 0.4) is 0 Å². The first-order chi connectivity index (χ1) is 13.4. The summed E-state index contributed by atoms with van der Waals surface area (Å²) in [6.07, 6.45) is 1.06. The Labute approximate surface area is 156 Å². The Morgan fingerprint density at radius 1 is 1.18 bits per heavy atom. The molecule has 2 aromatic carbocycles. The van der Waals surface area contributed by atoms with Gasteiger partial charge in [-0.25, -0.2) is 5.43 Å². The summed E-state index contributed by atoms with van der Waals surface area (Å²) in [5.74, 6) is -0.152. The zero-order valence-electron chi connectivity index (χ0n) is 14.3.